The van der Waals surface area contributed by atoms with E-state index in [2.05, 4.69) is 0 Å². The predicted octanol–water partition coefficient (Wildman–Crippen LogP) is 2.17. The molecule has 0 bridgehead atoms. The fourth-order valence-electron chi connectivity index (χ4n) is 1.28. The van der Waals surface area contributed by atoms with Crippen molar-refractivity contribution in [2.75, 3.05) is 18.9 Å². The SMILES string of the molecule is Nc1c(F)cc(I)c2c1OCCCO2. The molecular formula is C9H9FINO2. The van der Waals surface area contributed by atoms with Crippen LogP contribution in [0.15, 0.2) is 6.07 Å². The summed E-state index contributed by atoms with van der Waals surface area (Å²) >= 11 is 2.00. The summed E-state index contributed by atoms with van der Waals surface area (Å²) in [5.74, 6) is 0.438. The Hall–Kier alpha value is -0.720. The van der Waals surface area contributed by atoms with E-state index in [1.807, 2.05) is 22.6 Å². The lowest BCUT2D eigenvalue weighted by atomic mass is 10.2. The van der Waals surface area contributed by atoms with E-state index in [4.69, 9.17) is 15.2 Å². The van der Waals surface area contributed by atoms with Crippen LogP contribution in [-0.2, 0) is 0 Å². The molecule has 1 aliphatic rings. The first-order valence-electron chi connectivity index (χ1n) is 4.23. The zero-order chi connectivity index (χ0) is 10.1. The van der Waals surface area contributed by atoms with Gasteiger partial charge in [-0.15, -0.1) is 0 Å². The molecule has 0 aromatic heterocycles. The second-order valence-electron chi connectivity index (χ2n) is 2.96. The lowest BCUT2D eigenvalue weighted by Gasteiger charge is -2.11. The number of benzene rings is 1. The van der Waals surface area contributed by atoms with Gasteiger partial charge in [-0.3, -0.25) is 0 Å². The molecule has 0 saturated carbocycles. The molecule has 0 spiro atoms. The lowest BCUT2D eigenvalue weighted by Crippen LogP contribution is -2.01. The van der Waals surface area contributed by atoms with Gasteiger partial charge in [0.25, 0.3) is 0 Å². The van der Waals surface area contributed by atoms with Gasteiger partial charge in [0.15, 0.2) is 17.3 Å². The molecule has 0 radical (unpaired) electrons. The van der Waals surface area contributed by atoms with E-state index in [0.29, 0.717) is 28.3 Å². The second kappa shape index (κ2) is 3.80. The van der Waals surface area contributed by atoms with Crippen molar-refractivity contribution in [2.45, 2.75) is 6.42 Å². The fraction of sp³-hybridized carbons (Fsp3) is 0.333. The second-order valence-corrected chi connectivity index (χ2v) is 4.12. The number of hydrogen-bond donors (Lipinski definition) is 1. The molecule has 0 amide bonds. The van der Waals surface area contributed by atoms with Crippen molar-refractivity contribution >= 4 is 28.3 Å². The maximum atomic E-state index is 13.2. The molecule has 76 valence electrons. The molecular weight excluding hydrogens is 300 g/mol. The number of hydrogen-bond acceptors (Lipinski definition) is 3. The topological polar surface area (TPSA) is 44.5 Å². The molecule has 0 aliphatic carbocycles. The molecule has 1 aromatic rings. The highest BCUT2D eigenvalue weighted by molar-refractivity contribution is 14.1. The normalized spacial score (nSPS) is 15.0. The first kappa shape index (κ1) is 9.82. The maximum Gasteiger partial charge on any atom is 0.188 e. The fourth-order valence-corrected chi connectivity index (χ4v) is 1.95. The molecule has 2 N–H and O–H groups in total. The molecule has 14 heavy (non-hydrogen) atoms. The van der Waals surface area contributed by atoms with E-state index in [9.17, 15) is 4.39 Å². The average molecular weight is 309 g/mol. The third-order valence-electron chi connectivity index (χ3n) is 1.96. The van der Waals surface area contributed by atoms with Gasteiger partial charge in [-0.1, -0.05) is 0 Å². The molecule has 5 heteroatoms. The summed E-state index contributed by atoms with van der Waals surface area (Å²) < 4.78 is 24.7. The predicted molar refractivity (Wildman–Crippen MR) is 59.1 cm³/mol. The van der Waals surface area contributed by atoms with Gasteiger partial charge in [0.1, 0.15) is 5.69 Å². The van der Waals surface area contributed by atoms with Crippen LogP contribution in [0.25, 0.3) is 0 Å². The van der Waals surface area contributed by atoms with Crippen LogP contribution in [0.1, 0.15) is 6.42 Å². The Morgan fingerprint density at radius 3 is 2.64 bits per heavy atom. The molecule has 2 rings (SSSR count). The Bertz CT molecular complexity index is 370. The van der Waals surface area contributed by atoms with Gasteiger partial charge in [0, 0.05) is 6.42 Å². The van der Waals surface area contributed by atoms with Crippen LogP contribution in [0.3, 0.4) is 0 Å². The Morgan fingerprint density at radius 2 is 1.93 bits per heavy atom. The molecule has 0 saturated heterocycles. The van der Waals surface area contributed by atoms with Crippen LogP contribution in [0.5, 0.6) is 11.5 Å². The standard InChI is InChI=1S/C9H9FINO2/c10-5-4-6(11)8-9(7(5)12)14-3-1-2-13-8/h4H,1-3,12H2. The first-order valence-corrected chi connectivity index (χ1v) is 5.31. The van der Waals surface area contributed by atoms with Crippen LogP contribution in [0.2, 0.25) is 0 Å². The summed E-state index contributed by atoms with van der Waals surface area (Å²) in [7, 11) is 0. The number of ether oxygens (including phenoxy) is 2. The largest absolute Gasteiger partial charge is 0.488 e. The Labute approximate surface area is 94.5 Å². The van der Waals surface area contributed by atoms with E-state index in [0.717, 1.165) is 6.42 Å². The van der Waals surface area contributed by atoms with Gasteiger partial charge in [-0.05, 0) is 28.7 Å². The highest BCUT2D eigenvalue weighted by atomic mass is 127. The number of rotatable bonds is 0. The number of fused-ring (bicyclic) bond motifs is 1. The zero-order valence-corrected chi connectivity index (χ0v) is 9.51. The average Bonchev–Trinajstić information content (AvgIpc) is 2.39. The quantitative estimate of drug-likeness (QED) is 0.590. The molecule has 0 fully saturated rings. The summed E-state index contributed by atoms with van der Waals surface area (Å²) in [5.41, 5.74) is 5.59. The minimum atomic E-state index is -0.460. The first-order chi connectivity index (χ1) is 6.70. The smallest absolute Gasteiger partial charge is 0.188 e. The highest BCUT2D eigenvalue weighted by Gasteiger charge is 2.19. The van der Waals surface area contributed by atoms with Crippen LogP contribution in [-0.4, -0.2) is 13.2 Å². The molecule has 1 aliphatic heterocycles. The van der Waals surface area contributed by atoms with Crippen molar-refractivity contribution in [3.8, 4) is 11.5 Å². The summed E-state index contributed by atoms with van der Waals surface area (Å²) in [6.45, 7) is 1.09. The van der Waals surface area contributed by atoms with E-state index in [1.54, 1.807) is 0 Å². The van der Waals surface area contributed by atoms with E-state index >= 15 is 0 Å². The number of halogens is 2. The van der Waals surface area contributed by atoms with E-state index in [-0.39, 0.29) is 5.69 Å². The summed E-state index contributed by atoms with van der Waals surface area (Å²) in [6, 6.07) is 1.35. The van der Waals surface area contributed by atoms with Crippen LogP contribution in [0.4, 0.5) is 10.1 Å². The summed E-state index contributed by atoms with van der Waals surface area (Å²) in [4.78, 5) is 0. The van der Waals surface area contributed by atoms with Gasteiger partial charge in [0.2, 0.25) is 0 Å². The number of anilines is 1. The van der Waals surface area contributed by atoms with Crippen molar-refractivity contribution in [3.05, 3.63) is 15.5 Å². The molecule has 1 heterocycles. The third-order valence-corrected chi connectivity index (χ3v) is 2.76. The number of nitrogens with two attached hydrogens (primary N) is 1. The Balaban J connectivity index is 2.57. The van der Waals surface area contributed by atoms with E-state index in [1.165, 1.54) is 6.07 Å². The molecule has 0 unspecified atom stereocenters. The monoisotopic (exact) mass is 309 g/mol. The van der Waals surface area contributed by atoms with Crippen molar-refractivity contribution in [2.24, 2.45) is 0 Å². The lowest BCUT2D eigenvalue weighted by molar-refractivity contribution is 0.296. The van der Waals surface area contributed by atoms with Crippen molar-refractivity contribution in [1.82, 2.24) is 0 Å². The highest BCUT2D eigenvalue weighted by Crippen LogP contribution is 2.40. The van der Waals surface area contributed by atoms with E-state index < -0.39 is 5.82 Å². The van der Waals surface area contributed by atoms with Gasteiger partial charge < -0.3 is 15.2 Å². The van der Waals surface area contributed by atoms with Crippen molar-refractivity contribution < 1.29 is 13.9 Å². The summed E-state index contributed by atoms with van der Waals surface area (Å²) in [5, 5.41) is 0. The van der Waals surface area contributed by atoms with Gasteiger partial charge >= 0.3 is 0 Å². The molecule has 3 nitrogen and oxygen atoms in total. The Kier molecular flexibility index (Phi) is 2.66. The number of nitrogen functional groups attached to an aromatic ring is 1. The van der Waals surface area contributed by atoms with Crippen LogP contribution < -0.4 is 15.2 Å². The zero-order valence-electron chi connectivity index (χ0n) is 7.35. The minimum Gasteiger partial charge on any atom is -0.488 e. The maximum absolute atomic E-state index is 13.2. The third kappa shape index (κ3) is 1.60. The minimum absolute atomic E-state index is 0.0299. The van der Waals surface area contributed by atoms with Crippen molar-refractivity contribution in [3.63, 3.8) is 0 Å². The Morgan fingerprint density at radius 1 is 1.29 bits per heavy atom. The molecule has 0 atom stereocenters. The van der Waals surface area contributed by atoms with Gasteiger partial charge in [-0.25, -0.2) is 4.39 Å². The summed E-state index contributed by atoms with van der Waals surface area (Å²) in [6.07, 6.45) is 0.784. The van der Waals surface area contributed by atoms with Gasteiger partial charge in [-0.2, -0.15) is 0 Å². The molecule has 1 aromatic carbocycles. The van der Waals surface area contributed by atoms with Gasteiger partial charge in [0.05, 0.1) is 16.8 Å². The van der Waals surface area contributed by atoms with Crippen LogP contribution in [0, 0.1) is 9.39 Å². The van der Waals surface area contributed by atoms with Crippen LogP contribution >= 0.6 is 22.6 Å². The van der Waals surface area contributed by atoms with Crippen molar-refractivity contribution in [1.29, 1.82) is 0 Å².